The normalized spacial score (nSPS) is 19.2. The Hall–Kier alpha value is -2.40. The maximum absolute atomic E-state index is 12.3. The van der Waals surface area contributed by atoms with Gasteiger partial charge in [-0.25, -0.2) is 0 Å². The molecule has 0 aromatic heterocycles. The van der Waals surface area contributed by atoms with Crippen LogP contribution in [0.4, 0.5) is 0 Å². The molecule has 7 heteroatoms. The predicted octanol–water partition coefficient (Wildman–Crippen LogP) is 0.233. The molecule has 2 heterocycles. The number of nitrogens with zero attached hydrogens (tertiary/aromatic N) is 4. The van der Waals surface area contributed by atoms with Gasteiger partial charge in [-0.15, -0.1) is 0 Å². The zero-order valence-electron chi connectivity index (χ0n) is 16.4. The summed E-state index contributed by atoms with van der Waals surface area (Å²) in [5.41, 5.74) is 1.50. The third-order valence-corrected chi connectivity index (χ3v) is 5.26. The van der Waals surface area contributed by atoms with Gasteiger partial charge in [0.15, 0.2) is 0 Å². The van der Waals surface area contributed by atoms with Gasteiger partial charge in [-0.1, -0.05) is 30.3 Å². The van der Waals surface area contributed by atoms with Crippen molar-refractivity contribution in [3.63, 3.8) is 0 Å². The Morgan fingerprint density at radius 3 is 2.46 bits per heavy atom. The van der Waals surface area contributed by atoms with Crippen molar-refractivity contribution in [3.8, 4) is 6.07 Å². The molecular weight excluding hydrogens is 352 g/mol. The van der Waals surface area contributed by atoms with Crippen LogP contribution in [0.1, 0.15) is 5.56 Å². The number of hydrogen-bond acceptors (Lipinski definition) is 6. The number of piperazine rings is 2. The quantitative estimate of drug-likeness (QED) is 0.520. The van der Waals surface area contributed by atoms with Gasteiger partial charge in [0.2, 0.25) is 0 Å². The van der Waals surface area contributed by atoms with Crippen molar-refractivity contribution in [1.29, 1.82) is 5.26 Å². The van der Waals surface area contributed by atoms with E-state index in [0.717, 1.165) is 65.4 Å². The number of nitrogens with one attached hydrogen (secondary N) is 2. The molecule has 7 nitrogen and oxygen atoms in total. The van der Waals surface area contributed by atoms with Crippen LogP contribution in [0.25, 0.3) is 0 Å². The summed E-state index contributed by atoms with van der Waals surface area (Å²) in [6.45, 7) is 9.83. The summed E-state index contributed by atoms with van der Waals surface area (Å²) < 4.78 is 0. The first-order chi connectivity index (χ1) is 13.7. The zero-order valence-corrected chi connectivity index (χ0v) is 16.4. The first kappa shape index (κ1) is 20.3. The summed E-state index contributed by atoms with van der Waals surface area (Å²) in [6.07, 6.45) is 1.72. The molecule has 3 rings (SSSR count). The molecule has 2 aliphatic rings. The monoisotopic (exact) mass is 382 g/mol. The molecule has 0 atom stereocenters. The molecule has 0 aliphatic carbocycles. The SMILES string of the molecule is N#C/C(=C/N1CCN(Cc2ccccc2)CC1)C(=O)NCCN1CCNCC1. The van der Waals surface area contributed by atoms with E-state index in [2.05, 4.69) is 55.7 Å². The highest BCUT2D eigenvalue weighted by Crippen LogP contribution is 2.09. The second kappa shape index (κ2) is 10.8. The van der Waals surface area contributed by atoms with E-state index >= 15 is 0 Å². The lowest BCUT2D eigenvalue weighted by Crippen LogP contribution is -2.46. The van der Waals surface area contributed by atoms with E-state index in [1.54, 1.807) is 6.20 Å². The minimum Gasteiger partial charge on any atom is -0.374 e. The van der Waals surface area contributed by atoms with Crippen LogP contribution < -0.4 is 10.6 Å². The van der Waals surface area contributed by atoms with Crippen molar-refractivity contribution in [2.75, 3.05) is 65.4 Å². The van der Waals surface area contributed by atoms with E-state index in [4.69, 9.17) is 0 Å². The van der Waals surface area contributed by atoms with Crippen LogP contribution in [-0.2, 0) is 11.3 Å². The zero-order chi connectivity index (χ0) is 19.6. The largest absolute Gasteiger partial charge is 0.374 e. The fraction of sp³-hybridized carbons (Fsp3) is 0.524. The first-order valence-corrected chi connectivity index (χ1v) is 10.1. The van der Waals surface area contributed by atoms with E-state index in [9.17, 15) is 10.1 Å². The molecule has 2 aliphatic heterocycles. The molecule has 2 N–H and O–H groups in total. The maximum Gasteiger partial charge on any atom is 0.263 e. The van der Waals surface area contributed by atoms with Gasteiger partial charge < -0.3 is 15.5 Å². The standard InChI is InChI=1S/C21H30N6O/c22-16-20(21(28)24-8-11-25-9-6-23-7-10-25)18-27-14-12-26(13-15-27)17-19-4-2-1-3-5-19/h1-5,18,23H,6-15,17H2,(H,24,28)/b20-18-. The summed E-state index contributed by atoms with van der Waals surface area (Å²) in [7, 11) is 0. The Morgan fingerprint density at radius 1 is 1.07 bits per heavy atom. The molecule has 0 bridgehead atoms. The topological polar surface area (TPSA) is 74.6 Å². The molecule has 0 spiro atoms. The highest BCUT2D eigenvalue weighted by atomic mass is 16.1. The van der Waals surface area contributed by atoms with Crippen LogP contribution in [0.15, 0.2) is 42.1 Å². The van der Waals surface area contributed by atoms with Gasteiger partial charge in [0.1, 0.15) is 11.6 Å². The van der Waals surface area contributed by atoms with E-state index < -0.39 is 0 Å². The average Bonchev–Trinajstić information content (AvgIpc) is 2.74. The van der Waals surface area contributed by atoms with Gasteiger partial charge in [0, 0.05) is 78.2 Å². The molecular formula is C21H30N6O. The number of amides is 1. The molecule has 0 saturated carbocycles. The lowest BCUT2D eigenvalue weighted by atomic mass is 10.2. The molecule has 1 aromatic rings. The highest BCUT2D eigenvalue weighted by Gasteiger charge is 2.17. The molecule has 150 valence electrons. The third kappa shape index (κ3) is 6.34. The van der Waals surface area contributed by atoms with Crippen LogP contribution in [0.5, 0.6) is 0 Å². The van der Waals surface area contributed by atoms with Crippen LogP contribution >= 0.6 is 0 Å². The Balaban J connectivity index is 1.41. The Morgan fingerprint density at radius 2 is 1.79 bits per heavy atom. The van der Waals surface area contributed by atoms with Crippen LogP contribution in [0.3, 0.4) is 0 Å². The summed E-state index contributed by atoms with van der Waals surface area (Å²) in [5, 5.41) is 15.6. The summed E-state index contributed by atoms with van der Waals surface area (Å²) in [6, 6.07) is 12.5. The summed E-state index contributed by atoms with van der Waals surface area (Å²) in [5.74, 6) is -0.274. The van der Waals surface area contributed by atoms with Crippen molar-refractivity contribution in [2.45, 2.75) is 6.54 Å². The number of carbonyl (C=O) groups is 1. The van der Waals surface area contributed by atoms with Gasteiger partial charge in [0.05, 0.1) is 0 Å². The van der Waals surface area contributed by atoms with Crippen molar-refractivity contribution < 1.29 is 4.79 Å². The van der Waals surface area contributed by atoms with Gasteiger partial charge in [-0.05, 0) is 5.56 Å². The molecule has 0 unspecified atom stereocenters. The minimum atomic E-state index is -0.274. The fourth-order valence-electron chi connectivity index (χ4n) is 3.57. The lowest BCUT2D eigenvalue weighted by Gasteiger charge is -2.34. The summed E-state index contributed by atoms with van der Waals surface area (Å²) in [4.78, 5) is 19.1. The Labute approximate surface area is 167 Å². The van der Waals surface area contributed by atoms with Crippen molar-refractivity contribution in [3.05, 3.63) is 47.7 Å². The van der Waals surface area contributed by atoms with Crippen molar-refractivity contribution in [2.24, 2.45) is 0 Å². The smallest absolute Gasteiger partial charge is 0.263 e. The van der Waals surface area contributed by atoms with Crippen LogP contribution in [-0.4, -0.2) is 86.1 Å². The Kier molecular flexibility index (Phi) is 7.85. The summed E-state index contributed by atoms with van der Waals surface area (Å²) >= 11 is 0. The maximum atomic E-state index is 12.3. The van der Waals surface area contributed by atoms with Gasteiger partial charge >= 0.3 is 0 Å². The number of hydrogen-bond donors (Lipinski definition) is 2. The molecule has 1 amide bonds. The van der Waals surface area contributed by atoms with Crippen molar-refractivity contribution >= 4 is 5.91 Å². The average molecular weight is 383 g/mol. The lowest BCUT2D eigenvalue weighted by molar-refractivity contribution is -0.117. The van der Waals surface area contributed by atoms with Gasteiger partial charge in [-0.3, -0.25) is 14.6 Å². The van der Waals surface area contributed by atoms with Crippen LogP contribution in [0.2, 0.25) is 0 Å². The third-order valence-electron chi connectivity index (χ3n) is 5.26. The van der Waals surface area contributed by atoms with E-state index in [1.165, 1.54) is 5.56 Å². The number of rotatable bonds is 7. The predicted molar refractivity (Wildman–Crippen MR) is 109 cm³/mol. The minimum absolute atomic E-state index is 0.192. The Bertz CT molecular complexity index is 685. The number of benzene rings is 1. The van der Waals surface area contributed by atoms with Gasteiger partial charge in [-0.2, -0.15) is 5.26 Å². The van der Waals surface area contributed by atoms with E-state index in [0.29, 0.717) is 6.54 Å². The number of carbonyl (C=O) groups excluding carboxylic acids is 1. The fourth-order valence-corrected chi connectivity index (χ4v) is 3.57. The highest BCUT2D eigenvalue weighted by molar-refractivity contribution is 5.97. The molecule has 2 fully saturated rings. The first-order valence-electron chi connectivity index (χ1n) is 10.1. The molecule has 28 heavy (non-hydrogen) atoms. The second-order valence-corrected chi connectivity index (χ2v) is 7.30. The second-order valence-electron chi connectivity index (χ2n) is 7.30. The van der Waals surface area contributed by atoms with Crippen LogP contribution in [0, 0.1) is 11.3 Å². The van der Waals surface area contributed by atoms with E-state index in [1.807, 2.05) is 6.07 Å². The van der Waals surface area contributed by atoms with Gasteiger partial charge in [0.25, 0.3) is 5.91 Å². The molecule has 2 saturated heterocycles. The van der Waals surface area contributed by atoms with E-state index in [-0.39, 0.29) is 11.5 Å². The van der Waals surface area contributed by atoms with Crippen molar-refractivity contribution in [1.82, 2.24) is 25.3 Å². The number of nitriles is 1. The molecule has 1 aromatic carbocycles. The molecule has 0 radical (unpaired) electrons.